The highest BCUT2D eigenvalue weighted by Gasteiger charge is 2.46. The van der Waals surface area contributed by atoms with Crippen LogP contribution in [-0.4, -0.2) is 24.1 Å². The lowest BCUT2D eigenvalue weighted by Gasteiger charge is -2.41. The van der Waals surface area contributed by atoms with Gasteiger partial charge in [0.25, 0.3) is 0 Å². The van der Waals surface area contributed by atoms with Gasteiger partial charge in [-0.05, 0) is 30.5 Å². The summed E-state index contributed by atoms with van der Waals surface area (Å²) in [4.78, 5) is 0. The van der Waals surface area contributed by atoms with Gasteiger partial charge >= 0.3 is 6.18 Å². The van der Waals surface area contributed by atoms with Crippen LogP contribution in [0.5, 0.6) is 0 Å². The normalized spacial score (nSPS) is 24.4. The molecule has 1 aliphatic heterocycles. The first-order valence-electron chi connectivity index (χ1n) is 7.01. The average molecular weight is 302 g/mol. The Labute approximate surface area is 120 Å². The summed E-state index contributed by atoms with van der Waals surface area (Å²) >= 11 is 0. The second-order valence-electron chi connectivity index (χ2n) is 5.72. The van der Waals surface area contributed by atoms with E-state index in [-0.39, 0.29) is 0 Å². The lowest BCUT2D eigenvalue weighted by atomic mass is 9.77. The molecule has 0 radical (unpaired) electrons. The maximum absolute atomic E-state index is 12.8. The van der Waals surface area contributed by atoms with Crippen LogP contribution in [0.2, 0.25) is 0 Å². The van der Waals surface area contributed by atoms with Crippen LogP contribution < -0.4 is 0 Å². The number of hydrogen-bond donors (Lipinski definition) is 1. The molecule has 116 valence electrons. The predicted octanol–water partition coefficient (Wildman–Crippen LogP) is 3.21. The molecule has 2 aliphatic rings. The molecular formula is C15H17F3O3. The van der Waals surface area contributed by atoms with Crippen molar-refractivity contribution in [3.63, 3.8) is 0 Å². The van der Waals surface area contributed by atoms with Gasteiger partial charge in [-0.25, -0.2) is 0 Å². The highest BCUT2D eigenvalue weighted by atomic mass is 19.4. The molecule has 1 aromatic rings. The number of halogens is 3. The average Bonchev–Trinajstić information content (AvgIpc) is 2.91. The lowest BCUT2D eigenvalue weighted by molar-refractivity contribution is -0.204. The minimum Gasteiger partial charge on any atom is -0.385 e. The van der Waals surface area contributed by atoms with Crippen molar-refractivity contribution in [2.24, 2.45) is 0 Å². The van der Waals surface area contributed by atoms with Gasteiger partial charge in [0.2, 0.25) is 0 Å². The van der Waals surface area contributed by atoms with Crippen LogP contribution in [0.25, 0.3) is 0 Å². The molecule has 0 amide bonds. The summed E-state index contributed by atoms with van der Waals surface area (Å²) in [6.07, 6.45) is -2.78. The molecule has 1 aliphatic carbocycles. The van der Waals surface area contributed by atoms with E-state index in [2.05, 4.69) is 0 Å². The number of alkyl halides is 3. The summed E-state index contributed by atoms with van der Waals surface area (Å²) in [5.41, 5.74) is -1.67. The molecule has 0 bridgehead atoms. The first-order chi connectivity index (χ1) is 9.83. The Hall–Kier alpha value is -1.11. The maximum Gasteiger partial charge on any atom is 0.416 e. The van der Waals surface area contributed by atoms with Crippen molar-refractivity contribution in [3.05, 3.63) is 35.4 Å². The number of rotatable bonds is 1. The molecule has 1 N–H and O–H groups in total. The third-order valence-electron chi connectivity index (χ3n) is 4.38. The minimum absolute atomic E-state index is 0.310. The number of benzene rings is 1. The summed E-state index contributed by atoms with van der Waals surface area (Å²) in [5, 5.41) is 10.7. The van der Waals surface area contributed by atoms with Crippen molar-refractivity contribution in [2.45, 2.75) is 43.2 Å². The zero-order chi connectivity index (χ0) is 15.1. The van der Waals surface area contributed by atoms with Gasteiger partial charge in [0.05, 0.1) is 24.4 Å². The van der Waals surface area contributed by atoms with Crippen LogP contribution in [0.3, 0.4) is 0 Å². The van der Waals surface area contributed by atoms with Crippen LogP contribution >= 0.6 is 0 Å². The predicted molar refractivity (Wildman–Crippen MR) is 68.4 cm³/mol. The van der Waals surface area contributed by atoms with E-state index < -0.39 is 23.1 Å². The zero-order valence-electron chi connectivity index (χ0n) is 11.4. The first-order valence-corrected chi connectivity index (χ1v) is 7.01. The van der Waals surface area contributed by atoms with E-state index in [0.29, 0.717) is 44.5 Å². The second-order valence-corrected chi connectivity index (χ2v) is 5.72. The monoisotopic (exact) mass is 302 g/mol. The summed E-state index contributed by atoms with van der Waals surface area (Å²) in [5.74, 6) is -0.645. The minimum atomic E-state index is -4.40. The third-order valence-corrected chi connectivity index (χ3v) is 4.38. The second kappa shape index (κ2) is 4.97. The SMILES string of the molecule is OC1(c2cccc(C(F)(F)F)c2)CCC2(CC1)OCCO2. The molecular weight excluding hydrogens is 285 g/mol. The smallest absolute Gasteiger partial charge is 0.385 e. The van der Waals surface area contributed by atoms with E-state index in [1.807, 2.05) is 0 Å². The van der Waals surface area contributed by atoms with Gasteiger partial charge in [-0.3, -0.25) is 0 Å². The van der Waals surface area contributed by atoms with Crippen LogP contribution in [0.4, 0.5) is 13.2 Å². The zero-order valence-corrected chi connectivity index (χ0v) is 11.4. The Morgan fingerprint density at radius 2 is 1.62 bits per heavy atom. The van der Waals surface area contributed by atoms with Crippen LogP contribution in [0.15, 0.2) is 24.3 Å². The molecule has 0 atom stereocenters. The molecule has 21 heavy (non-hydrogen) atoms. The van der Waals surface area contributed by atoms with Gasteiger partial charge in [-0.15, -0.1) is 0 Å². The van der Waals surface area contributed by atoms with Gasteiger partial charge in [-0.1, -0.05) is 12.1 Å². The van der Waals surface area contributed by atoms with Crippen molar-refractivity contribution < 1.29 is 27.8 Å². The molecule has 1 spiro atoms. The van der Waals surface area contributed by atoms with Crippen molar-refractivity contribution in [3.8, 4) is 0 Å². The Morgan fingerprint density at radius 1 is 1.00 bits per heavy atom. The van der Waals surface area contributed by atoms with Gasteiger partial charge < -0.3 is 14.6 Å². The fourth-order valence-corrected chi connectivity index (χ4v) is 3.10. The Balaban J connectivity index is 1.80. The van der Waals surface area contributed by atoms with Crippen molar-refractivity contribution >= 4 is 0 Å². The fraction of sp³-hybridized carbons (Fsp3) is 0.600. The van der Waals surface area contributed by atoms with Gasteiger partial charge in [-0.2, -0.15) is 13.2 Å². The third kappa shape index (κ3) is 2.80. The summed E-state index contributed by atoms with van der Waals surface area (Å²) in [6.45, 7) is 1.06. The Bertz CT molecular complexity index is 511. The molecule has 2 fully saturated rings. The topological polar surface area (TPSA) is 38.7 Å². The number of hydrogen-bond acceptors (Lipinski definition) is 3. The number of ether oxygens (including phenoxy) is 2. The number of aliphatic hydroxyl groups is 1. The van der Waals surface area contributed by atoms with E-state index in [9.17, 15) is 18.3 Å². The highest BCUT2D eigenvalue weighted by Crippen LogP contribution is 2.45. The van der Waals surface area contributed by atoms with Gasteiger partial charge in [0.1, 0.15) is 0 Å². The standard InChI is InChI=1S/C15H17F3O3/c16-15(17,18)12-3-1-2-11(10-12)13(19)4-6-14(7-5-13)20-8-9-21-14/h1-3,10,19H,4-9H2. The molecule has 1 saturated heterocycles. The summed E-state index contributed by atoms with van der Waals surface area (Å²) < 4.78 is 49.5. The Morgan fingerprint density at radius 3 is 2.19 bits per heavy atom. The highest BCUT2D eigenvalue weighted by molar-refractivity contribution is 5.30. The van der Waals surface area contributed by atoms with E-state index >= 15 is 0 Å². The van der Waals surface area contributed by atoms with E-state index in [1.165, 1.54) is 6.07 Å². The van der Waals surface area contributed by atoms with Crippen LogP contribution in [0, 0.1) is 0 Å². The molecule has 0 unspecified atom stereocenters. The largest absolute Gasteiger partial charge is 0.416 e. The van der Waals surface area contributed by atoms with Gasteiger partial charge in [0.15, 0.2) is 5.79 Å². The summed E-state index contributed by atoms with van der Waals surface area (Å²) in [6, 6.07) is 4.93. The quantitative estimate of drug-likeness (QED) is 0.866. The molecule has 3 rings (SSSR count). The van der Waals surface area contributed by atoms with E-state index in [0.717, 1.165) is 12.1 Å². The first kappa shape index (κ1) is 14.8. The van der Waals surface area contributed by atoms with E-state index in [1.54, 1.807) is 6.07 Å². The van der Waals surface area contributed by atoms with Crippen molar-refractivity contribution in [1.29, 1.82) is 0 Å². The maximum atomic E-state index is 12.8. The fourth-order valence-electron chi connectivity index (χ4n) is 3.10. The van der Waals surface area contributed by atoms with E-state index in [4.69, 9.17) is 9.47 Å². The molecule has 1 heterocycles. The van der Waals surface area contributed by atoms with Crippen molar-refractivity contribution in [2.75, 3.05) is 13.2 Å². The molecule has 6 heteroatoms. The van der Waals surface area contributed by atoms with Crippen molar-refractivity contribution in [1.82, 2.24) is 0 Å². The van der Waals surface area contributed by atoms with Crippen LogP contribution in [0.1, 0.15) is 36.8 Å². The van der Waals surface area contributed by atoms with Gasteiger partial charge in [0, 0.05) is 12.8 Å². The Kier molecular flexibility index (Phi) is 3.50. The summed E-state index contributed by atoms with van der Waals surface area (Å²) in [7, 11) is 0. The molecule has 1 aromatic carbocycles. The van der Waals surface area contributed by atoms with Crippen LogP contribution in [-0.2, 0) is 21.3 Å². The molecule has 3 nitrogen and oxygen atoms in total. The molecule has 1 saturated carbocycles. The lowest BCUT2D eigenvalue weighted by Crippen LogP contribution is -2.42. The molecule has 0 aromatic heterocycles.